The number of benzene rings is 1. The first-order valence-electron chi connectivity index (χ1n) is 8.25. The van der Waals surface area contributed by atoms with Gasteiger partial charge in [-0.15, -0.1) is 0 Å². The largest absolute Gasteiger partial charge is 0.494 e. The zero-order valence-corrected chi connectivity index (χ0v) is 14.2. The van der Waals surface area contributed by atoms with E-state index in [0.717, 1.165) is 19.3 Å². The zero-order chi connectivity index (χ0) is 19.5. The smallest absolute Gasteiger partial charge is 0.322 e. The van der Waals surface area contributed by atoms with E-state index in [-0.39, 0.29) is 5.56 Å². The molecule has 1 aromatic carbocycles. The van der Waals surface area contributed by atoms with Crippen LogP contribution in [0.2, 0.25) is 0 Å². The number of rotatable bonds is 10. The van der Waals surface area contributed by atoms with Gasteiger partial charge in [0, 0.05) is 5.56 Å². The van der Waals surface area contributed by atoms with E-state index in [1.165, 1.54) is 24.3 Å². The molecule has 8 heteroatoms. The SMILES string of the molecule is CCCCCOc1ccc(C(=O)C2C(C(=O)O)C2(C(=O)O)C(=O)O)cc1. The summed E-state index contributed by atoms with van der Waals surface area (Å²) in [5, 5.41) is 27.6. The summed E-state index contributed by atoms with van der Waals surface area (Å²) in [7, 11) is 0. The second-order valence-electron chi connectivity index (χ2n) is 6.22. The predicted molar refractivity (Wildman–Crippen MR) is 88.1 cm³/mol. The molecule has 3 N–H and O–H groups in total. The van der Waals surface area contributed by atoms with Crippen LogP contribution in [0.1, 0.15) is 36.5 Å². The molecule has 1 aliphatic rings. The lowest BCUT2D eigenvalue weighted by molar-refractivity contribution is -0.161. The third-order valence-corrected chi connectivity index (χ3v) is 4.62. The molecule has 0 bridgehead atoms. The minimum absolute atomic E-state index is 0.0477. The Kier molecular flexibility index (Phi) is 5.64. The van der Waals surface area contributed by atoms with Gasteiger partial charge < -0.3 is 20.1 Å². The number of carboxylic acids is 3. The summed E-state index contributed by atoms with van der Waals surface area (Å²) >= 11 is 0. The molecule has 8 nitrogen and oxygen atoms in total. The number of unbranched alkanes of at least 4 members (excludes halogenated alkanes) is 2. The monoisotopic (exact) mass is 364 g/mol. The minimum atomic E-state index is -2.63. The highest BCUT2D eigenvalue weighted by molar-refractivity contribution is 6.18. The zero-order valence-electron chi connectivity index (χ0n) is 14.2. The number of hydrogen-bond donors (Lipinski definition) is 3. The first-order valence-corrected chi connectivity index (χ1v) is 8.25. The van der Waals surface area contributed by atoms with Gasteiger partial charge in [0.15, 0.2) is 11.2 Å². The second kappa shape index (κ2) is 7.55. The van der Waals surface area contributed by atoms with Gasteiger partial charge >= 0.3 is 17.9 Å². The van der Waals surface area contributed by atoms with Crippen LogP contribution in [0.5, 0.6) is 5.75 Å². The first kappa shape index (κ1) is 19.4. The Morgan fingerprint density at radius 2 is 1.54 bits per heavy atom. The van der Waals surface area contributed by atoms with Gasteiger partial charge in [0.25, 0.3) is 0 Å². The number of ketones is 1. The molecule has 0 heterocycles. The summed E-state index contributed by atoms with van der Waals surface area (Å²) in [5.74, 6) is -9.02. The van der Waals surface area contributed by atoms with Gasteiger partial charge in [-0.05, 0) is 30.7 Å². The molecule has 0 aliphatic heterocycles. The van der Waals surface area contributed by atoms with Crippen LogP contribution in [0.15, 0.2) is 24.3 Å². The number of hydrogen-bond acceptors (Lipinski definition) is 5. The normalized spacial score (nSPS) is 20.2. The lowest BCUT2D eigenvalue weighted by atomic mass is 9.98. The number of carboxylic acid groups (broad SMARTS) is 3. The van der Waals surface area contributed by atoms with Gasteiger partial charge in [-0.25, -0.2) is 0 Å². The number of ether oxygens (including phenoxy) is 1. The maximum atomic E-state index is 12.5. The van der Waals surface area contributed by atoms with E-state index >= 15 is 0 Å². The summed E-state index contributed by atoms with van der Waals surface area (Å²) in [6.45, 7) is 2.59. The second-order valence-corrected chi connectivity index (χ2v) is 6.22. The highest BCUT2D eigenvalue weighted by Gasteiger charge is 2.81. The van der Waals surface area contributed by atoms with Crippen LogP contribution < -0.4 is 4.74 Å². The van der Waals surface area contributed by atoms with Crippen molar-refractivity contribution in [2.45, 2.75) is 26.2 Å². The van der Waals surface area contributed by atoms with Crippen molar-refractivity contribution in [3.05, 3.63) is 29.8 Å². The van der Waals surface area contributed by atoms with E-state index in [0.29, 0.717) is 12.4 Å². The average molecular weight is 364 g/mol. The molecule has 2 unspecified atom stereocenters. The Morgan fingerprint density at radius 1 is 0.962 bits per heavy atom. The summed E-state index contributed by atoms with van der Waals surface area (Å²) < 4.78 is 5.50. The Bertz CT molecular complexity index is 707. The Labute approximate surface area is 149 Å². The predicted octanol–water partition coefficient (Wildman–Crippen LogP) is 1.92. The number of Topliss-reactive ketones (excluding diaryl/α,β-unsaturated/α-hetero) is 1. The van der Waals surface area contributed by atoms with Crippen LogP contribution in [0.25, 0.3) is 0 Å². The molecule has 2 rings (SSSR count). The molecule has 2 atom stereocenters. The van der Waals surface area contributed by atoms with Gasteiger partial charge in [0.1, 0.15) is 5.75 Å². The van der Waals surface area contributed by atoms with Crippen LogP contribution in [0.4, 0.5) is 0 Å². The van der Waals surface area contributed by atoms with Crippen molar-refractivity contribution in [1.82, 2.24) is 0 Å². The number of aliphatic carboxylic acids is 3. The van der Waals surface area contributed by atoms with E-state index in [1.807, 2.05) is 0 Å². The van der Waals surface area contributed by atoms with E-state index in [1.54, 1.807) is 0 Å². The van der Waals surface area contributed by atoms with Crippen molar-refractivity contribution in [2.75, 3.05) is 6.61 Å². The van der Waals surface area contributed by atoms with Gasteiger partial charge in [-0.3, -0.25) is 19.2 Å². The highest BCUT2D eigenvalue weighted by atomic mass is 16.5. The number of carbonyl (C=O) groups is 4. The summed E-state index contributed by atoms with van der Waals surface area (Å²) in [4.78, 5) is 46.6. The molecule has 1 aliphatic carbocycles. The standard InChI is InChI=1S/C18H20O8/c1-2-3-4-9-26-11-7-5-10(6-8-11)14(19)12-13(15(20)21)18(12,16(22)23)17(24)25/h5-8,12-13H,2-4,9H2,1H3,(H,20,21)(H,22,23)(H,24,25). The topological polar surface area (TPSA) is 138 Å². The van der Waals surface area contributed by atoms with Crippen LogP contribution >= 0.6 is 0 Å². The average Bonchev–Trinajstić information content (AvgIpc) is 3.31. The molecule has 1 fully saturated rings. The fourth-order valence-electron chi connectivity index (χ4n) is 3.14. The fourth-order valence-corrected chi connectivity index (χ4v) is 3.14. The van der Waals surface area contributed by atoms with E-state index in [4.69, 9.17) is 9.84 Å². The van der Waals surface area contributed by atoms with Gasteiger partial charge in [-0.1, -0.05) is 19.8 Å². The molecule has 140 valence electrons. The Balaban J connectivity index is 2.16. The van der Waals surface area contributed by atoms with Crippen LogP contribution in [-0.2, 0) is 14.4 Å². The molecule has 0 amide bonds. The van der Waals surface area contributed by atoms with Crippen molar-refractivity contribution in [2.24, 2.45) is 17.3 Å². The summed E-state index contributed by atoms with van der Waals surface area (Å²) in [6, 6.07) is 5.79. The van der Waals surface area contributed by atoms with Crippen molar-refractivity contribution >= 4 is 23.7 Å². The molecule has 0 aromatic heterocycles. The van der Waals surface area contributed by atoms with Crippen molar-refractivity contribution in [1.29, 1.82) is 0 Å². The molecule has 26 heavy (non-hydrogen) atoms. The lowest BCUT2D eigenvalue weighted by Crippen LogP contribution is -2.31. The van der Waals surface area contributed by atoms with Crippen molar-refractivity contribution in [3.63, 3.8) is 0 Å². The van der Waals surface area contributed by atoms with Crippen LogP contribution in [0, 0.1) is 17.3 Å². The lowest BCUT2D eigenvalue weighted by Gasteiger charge is -2.08. The van der Waals surface area contributed by atoms with Crippen molar-refractivity contribution in [3.8, 4) is 5.75 Å². The van der Waals surface area contributed by atoms with Crippen molar-refractivity contribution < 1.29 is 39.2 Å². The van der Waals surface area contributed by atoms with E-state index < -0.39 is 40.9 Å². The highest BCUT2D eigenvalue weighted by Crippen LogP contribution is 2.60. The van der Waals surface area contributed by atoms with Crippen LogP contribution in [-0.4, -0.2) is 45.6 Å². The van der Waals surface area contributed by atoms with Gasteiger partial charge in [-0.2, -0.15) is 0 Å². The maximum Gasteiger partial charge on any atom is 0.322 e. The first-order chi connectivity index (χ1) is 12.3. The molecule has 0 saturated heterocycles. The van der Waals surface area contributed by atoms with Gasteiger partial charge in [0.2, 0.25) is 0 Å². The molecule has 0 spiro atoms. The minimum Gasteiger partial charge on any atom is -0.494 e. The fraction of sp³-hybridized carbons (Fsp3) is 0.444. The molecular formula is C18H20O8. The molecule has 1 saturated carbocycles. The molecular weight excluding hydrogens is 344 g/mol. The van der Waals surface area contributed by atoms with Crippen LogP contribution in [0.3, 0.4) is 0 Å². The summed E-state index contributed by atoms with van der Waals surface area (Å²) in [6.07, 6.45) is 2.97. The summed E-state index contributed by atoms with van der Waals surface area (Å²) in [5.41, 5.74) is -2.58. The third kappa shape index (κ3) is 3.26. The molecule has 0 radical (unpaired) electrons. The van der Waals surface area contributed by atoms with E-state index in [2.05, 4.69) is 6.92 Å². The Morgan fingerprint density at radius 3 is 1.96 bits per heavy atom. The van der Waals surface area contributed by atoms with Gasteiger partial charge in [0.05, 0.1) is 18.4 Å². The Hall–Kier alpha value is -2.90. The maximum absolute atomic E-state index is 12.5. The number of carbonyl (C=O) groups excluding carboxylic acids is 1. The third-order valence-electron chi connectivity index (χ3n) is 4.62. The molecule has 1 aromatic rings. The van der Waals surface area contributed by atoms with E-state index in [9.17, 15) is 29.4 Å². The quantitative estimate of drug-likeness (QED) is 0.325.